The molecule has 0 N–H and O–H groups in total. The van der Waals surface area contributed by atoms with Gasteiger partial charge in [-0.25, -0.2) is 4.39 Å². The summed E-state index contributed by atoms with van der Waals surface area (Å²) in [7, 11) is 0. The fourth-order valence-corrected chi connectivity index (χ4v) is 2.06. The van der Waals surface area contributed by atoms with Crippen molar-refractivity contribution in [3.05, 3.63) is 60.3 Å². The smallest absolute Gasteiger partial charge is 0.135 e. The van der Waals surface area contributed by atoms with Crippen LogP contribution in [0.15, 0.2) is 48.9 Å². The van der Waals surface area contributed by atoms with Gasteiger partial charge in [0.1, 0.15) is 5.82 Å². The minimum Gasteiger partial charge on any atom is -0.264 e. The predicted octanol–water partition coefficient (Wildman–Crippen LogP) is 3.74. The number of aryl methyl sites for hydroxylation is 1. The maximum atomic E-state index is 14.2. The lowest BCUT2D eigenvalue weighted by atomic mass is 10.0. The Kier molecular flexibility index (Phi) is 2.52. The quantitative estimate of drug-likeness (QED) is 0.645. The fourth-order valence-electron chi connectivity index (χ4n) is 2.06. The average Bonchev–Trinajstić information content (AvgIpc) is 2.41. The first kappa shape index (κ1) is 10.8. The van der Waals surface area contributed by atoms with Crippen LogP contribution in [0, 0.1) is 12.7 Å². The standard InChI is InChI=1S/C15H11FN2/c1-10-3-2-4-13(14(10)16)15-12-6-7-17-9-11(12)5-8-18-15/h2-9H,1H3. The molecule has 1 aromatic carbocycles. The van der Waals surface area contributed by atoms with Gasteiger partial charge >= 0.3 is 0 Å². The first-order chi connectivity index (χ1) is 8.77. The average molecular weight is 238 g/mol. The van der Waals surface area contributed by atoms with E-state index in [9.17, 15) is 4.39 Å². The third-order valence-corrected chi connectivity index (χ3v) is 3.01. The Morgan fingerprint density at radius 1 is 1.06 bits per heavy atom. The number of benzene rings is 1. The Labute approximate surface area is 104 Å². The summed E-state index contributed by atoms with van der Waals surface area (Å²) in [4.78, 5) is 8.38. The van der Waals surface area contributed by atoms with Crippen molar-refractivity contribution in [2.24, 2.45) is 0 Å². The molecule has 0 atom stereocenters. The Morgan fingerprint density at radius 3 is 2.83 bits per heavy atom. The lowest BCUT2D eigenvalue weighted by molar-refractivity contribution is 0.621. The summed E-state index contributed by atoms with van der Waals surface area (Å²) < 4.78 is 14.2. The highest BCUT2D eigenvalue weighted by Gasteiger charge is 2.11. The minimum atomic E-state index is -0.214. The summed E-state index contributed by atoms with van der Waals surface area (Å²) in [5, 5.41) is 1.88. The predicted molar refractivity (Wildman–Crippen MR) is 69.7 cm³/mol. The lowest BCUT2D eigenvalue weighted by Gasteiger charge is -2.07. The van der Waals surface area contributed by atoms with Crippen molar-refractivity contribution >= 4 is 10.8 Å². The molecule has 0 saturated carbocycles. The van der Waals surface area contributed by atoms with Gasteiger partial charge in [0.25, 0.3) is 0 Å². The molecular weight excluding hydrogens is 227 g/mol. The molecule has 0 aliphatic heterocycles. The van der Waals surface area contributed by atoms with E-state index in [2.05, 4.69) is 9.97 Å². The van der Waals surface area contributed by atoms with Crippen LogP contribution in [0.5, 0.6) is 0 Å². The van der Waals surface area contributed by atoms with Crippen molar-refractivity contribution in [3.8, 4) is 11.3 Å². The van der Waals surface area contributed by atoms with Gasteiger partial charge in [0.15, 0.2) is 0 Å². The van der Waals surface area contributed by atoms with Crippen LogP contribution in [0.3, 0.4) is 0 Å². The second kappa shape index (κ2) is 4.18. The summed E-state index contributed by atoms with van der Waals surface area (Å²) >= 11 is 0. The minimum absolute atomic E-state index is 0.214. The number of nitrogens with zero attached hydrogens (tertiary/aromatic N) is 2. The van der Waals surface area contributed by atoms with Gasteiger partial charge in [-0.2, -0.15) is 0 Å². The van der Waals surface area contributed by atoms with Gasteiger partial charge in [0.2, 0.25) is 0 Å². The summed E-state index contributed by atoms with van der Waals surface area (Å²) in [5.41, 5.74) is 1.82. The van der Waals surface area contributed by atoms with Crippen LogP contribution < -0.4 is 0 Å². The van der Waals surface area contributed by atoms with Gasteiger partial charge in [-0.15, -0.1) is 0 Å². The molecule has 0 aliphatic carbocycles. The van der Waals surface area contributed by atoms with Crippen molar-refractivity contribution in [1.82, 2.24) is 9.97 Å². The van der Waals surface area contributed by atoms with Crippen LogP contribution in [0.25, 0.3) is 22.0 Å². The van der Waals surface area contributed by atoms with Gasteiger partial charge < -0.3 is 0 Å². The maximum absolute atomic E-state index is 14.2. The second-order valence-corrected chi connectivity index (χ2v) is 4.19. The number of aromatic nitrogens is 2. The number of pyridine rings is 2. The Morgan fingerprint density at radius 2 is 1.94 bits per heavy atom. The first-order valence-electron chi connectivity index (χ1n) is 5.71. The first-order valence-corrected chi connectivity index (χ1v) is 5.71. The topological polar surface area (TPSA) is 25.8 Å². The van der Waals surface area contributed by atoms with E-state index in [0.29, 0.717) is 16.8 Å². The molecule has 0 fully saturated rings. The van der Waals surface area contributed by atoms with E-state index in [1.807, 2.05) is 18.2 Å². The Bertz CT molecular complexity index is 717. The SMILES string of the molecule is Cc1cccc(-c2nccc3cnccc23)c1F. The Balaban J connectivity index is 2.35. The molecule has 0 radical (unpaired) electrons. The zero-order chi connectivity index (χ0) is 12.5. The largest absolute Gasteiger partial charge is 0.264 e. The molecule has 0 saturated heterocycles. The molecule has 2 heterocycles. The molecule has 2 aromatic heterocycles. The van der Waals surface area contributed by atoms with E-state index < -0.39 is 0 Å². The van der Waals surface area contributed by atoms with Crippen LogP contribution in [0.4, 0.5) is 4.39 Å². The van der Waals surface area contributed by atoms with Crippen LogP contribution in [0.2, 0.25) is 0 Å². The van der Waals surface area contributed by atoms with E-state index in [0.717, 1.165) is 10.8 Å². The molecule has 88 valence electrons. The van der Waals surface area contributed by atoms with Crippen LogP contribution in [-0.4, -0.2) is 9.97 Å². The zero-order valence-corrected chi connectivity index (χ0v) is 9.89. The van der Waals surface area contributed by atoms with Gasteiger partial charge in [-0.1, -0.05) is 12.1 Å². The number of hydrogen-bond donors (Lipinski definition) is 0. The molecule has 3 rings (SSSR count). The zero-order valence-electron chi connectivity index (χ0n) is 9.89. The van der Waals surface area contributed by atoms with Crippen LogP contribution in [-0.2, 0) is 0 Å². The molecule has 0 unspecified atom stereocenters. The van der Waals surface area contributed by atoms with Crippen molar-refractivity contribution < 1.29 is 4.39 Å². The molecule has 3 heteroatoms. The summed E-state index contributed by atoms with van der Waals surface area (Å²) in [6.45, 7) is 1.76. The third kappa shape index (κ3) is 1.64. The molecule has 0 aliphatic rings. The number of halogens is 1. The lowest BCUT2D eigenvalue weighted by Crippen LogP contribution is -1.92. The van der Waals surface area contributed by atoms with E-state index in [-0.39, 0.29) is 5.82 Å². The van der Waals surface area contributed by atoms with Gasteiger partial charge in [-0.3, -0.25) is 9.97 Å². The number of hydrogen-bond acceptors (Lipinski definition) is 2. The molecule has 2 nitrogen and oxygen atoms in total. The molecule has 3 aromatic rings. The van der Waals surface area contributed by atoms with Gasteiger partial charge in [0, 0.05) is 34.9 Å². The molecular formula is C15H11FN2. The maximum Gasteiger partial charge on any atom is 0.135 e. The second-order valence-electron chi connectivity index (χ2n) is 4.19. The highest BCUT2D eigenvalue weighted by Crippen LogP contribution is 2.28. The number of rotatable bonds is 1. The summed E-state index contributed by atoms with van der Waals surface area (Å²) in [6, 6.07) is 9.09. The highest BCUT2D eigenvalue weighted by atomic mass is 19.1. The van der Waals surface area contributed by atoms with Gasteiger partial charge in [-0.05, 0) is 30.7 Å². The summed E-state index contributed by atoms with van der Waals surface area (Å²) in [5.74, 6) is -0.214. The van der Waals surface area contributed by atoms with Crippen molar-refractivity contribution in [1.29, 1.82) is 0 Å². The van der Waals surface area contributed by atoms with E-state index in [1.165, 1.54) is 0 Å². The normalized spacial score (nSPS) is 10.8. The molecule has 18 heavy (non-hydrogen) atoms. The van der Waals surface area contributed by atoms with Crippen molar-refractivity contribution in [3.63, 3.8) is 0 Å². The third-order valence-electron chi connectivity index (χ3n) is 3.01. The van der Waals surface area contributed by atoms with Crippen LogP contribution >= 0.6 is 0 Å². The van der Waals surface area contributed by atoms with Crippen molar-refractivity contribution in [2.75, 3.05) is 0 Å². The Hall–Kier alpha value is -2.29. The van der Waals surface area contributed by atoms with E-state index in [1.54, 1.807) is 37.6 Å². The molecule has 0 amide bonds. The van der Waals surface area contributed by atoms with Crippen LogP contribution in [0.1, 0.15) is 5.56 Å². The van der Waals surface area contributed by atoms with E-state index >= 15 is 0 Å². The monoisotopic (exact) mass is 238 g/mol. The molecule has 0 bridgehead atoms. The number of fused-ring (bicyclic) bond motifs is 1. The highest BCUT2D eigenvalue weighted by molar-refractivity contribution is 5.93. The van der Waals surface area contributed by atoms with E-state index in [4.69, 9.17) is 0 Å². The summed E-state index contributed by atoms with van der Waals surface area (Å²) in [6.07, 6.45) is 5.14. The molecule has 0 spiro atoms. The van der Waals surface area contributed by atoms with Crippen molar-refractivity contribution in [2.45, 2.75) is 6.92 Å². The fraction of sp³-hybridized carbons (Fsp3) is 0.0667. The van der Waals surface area contributed by atoms with Gasteiger partial charge in [0.05, 0.1) is 5.69 Å².